The van der Waals surface area contributed by atoms with Gasteiger partial charge >= 0.3 is 5.63 Å². The molecule has 5 nitrogen and oxygen atoms in total. The Kier molecular flexibility index (Phi) is 4.97. The van der Waals surface area contributed by atoms with Crippen LogP contribution in [0.5, 0.6) is 11.5 Å². The van der Waals surface area contributed by atoms with Crippen LogP contribution in [0.1, 0.15) is 0 Å². The molecule has 0 N–H and O–H groups in total. The van der Waals surface area contributed by atoms with E-state index in [0.717, 1.165) is 0 Å². The zero-order valence-electron chi connectivity index (χ0n) is 13.4. The quantitative estimate of drug-likeness (QED) is 0.659. The minimum absolute atomic E-state index is 0.110. The number of benzene rings is 2. The van der Waals surface area contributed by atoms with Crippen molar-refractivity contribution in [3.05, 3.63) is 62.9 Å². The van der Waals surface area contributed by atoms with Gasteiger partial charge in [0.15, 0.2) is 11.5 Å². The number of hydrogen-bond donors (Lipinski definition) is 0. The van der Waals surface area contributed by atoms with Gasteiger partial charge in [-0.05, 0) is 36.4 Å². The summed E-state index contributed by atoms with van der Waals surface area (Å²) in [5, 5.41) is 0.819. The molecule has 2 aromatic carbocycles. The van der Waals surface area contributed by atoms with Crippen molar-refractivity contribution in [2.24, 2.45) is 0 Å². The monoisotopic (exact) mass is 377 g/mol. The van der Waals surface area contributed by atoms with Crippen LogP contribution in [-0.2, 0) is 0 Å². The average molecular weight is 378 g/mol. The molecule has 0 radical (unpaired) electrons. The Morgan fingerprint density at radius 1 is 0.960 bits per heavy atom. The Labute approximate surface area is 153 Å². The lowest BCUT2D eigenvalue weighted by Gasteiger charge is -2.10. The van der Waals surface area contributed by atoms with Crippen LogP contribution in [0.4, 0.5) is 0 Å². The Morgan fingerprint density at radius 3 is 2.40 bits per heavy atom. The van der Waals surface area contributed by atoms with Crippen LogP contribution in [0, 0.1) is 0 Å². The van der Waals surface area contributed by atoms with E-state index >= 15 is 0 Å². The molecule has 0 saturated carbocycles. The van der Waals surface area contributed by atoms with E-state index < -0.39 is 5.63 Å². The molecule has 3 rings (SSSR count). The summed E-state index contributed by atoms with van der Waals surface area (Å²) in [6, 6.07) is 11.4. The van der Waals surface area contributed by atoms with E-state index in [4.69, 9.17) is 37.1 Å². The highest BCUT2D eigenvalue weighted by atomic mass is 35.5. The highest BCUT2D eigenvalue weighted by Crippen LogP contribution is 2.33. The van der Waals surface area contributed by atoms with Gasteiger partial charge in [0.2, 0.25) is 5.89 Å². The Hall–Kier alpha value is -2.50. The van der Waals surface area contributed by atoms with Crippen LogP contribution >= 0.6 is 23.2 Å². The van der Waals surface area contributed by atoms with Gasteiger partial charge in [0.25, 0.3) is 0 Å². The van der Waals surface area contributed by atoms with Crippen molar-refractivity contribution >= 4 is 23.2 Å². The number of ether oxygens (including phenoxy) is 2. The second-order valence-corrected chi connectivity index (χ2v) is 5.91. The number of rotatable bonds is 4. The maximum absolute atomic E-state index is 12.0. The van der Waals surface area contributed by atoms with E-state index in [1.807, 2.05) is 0 Å². The number of aromatic nitrogens is 1. The molecule has 25 heavy (non-hydrogen) atoms. The first-order valence-corrected chi connectivity index (χ1v) is 7.97. The van der Waals surface area contributed by atoms with E-state index in [-0.39, 0.29) is 5.89 Å². The summed E-state index contributed by atoms with van der Waals surface area (Å²) in [7, 11) is 3.08. The molecule has 0 amide bonds. The fourth-order valence-corrected chi connectivity index (χ4v) is 2.81. The summed E-state index contributed by atoms with van der Waals surface area (Å²) in [6.45, 7) is 0. The highest BCUT2D eigenvalue weighted by molar-refractivity contribution is 6.36. The Bertz CT molecular complexity index is 985. The molecule has 0 aliphatic rings. The minimum atomic E-state index is -0.541. The van der Waals surface area contributed by atoms with Gasteiger partial charge in [0.1, 0.15) is 0 Å². The van der Waals surface area contributed by atoms with Crippen LogP contribution in [0.2, 0.25) is 10.0 Å². The van der Waals surface area contributed by atoms with E-state index in [2.05, 4.69) is 4.98 Å². The summed E-state index contributed by atoms with van der Waals surface area (Å²) in [4.78, 5) is 16.4. The Morgan fingerprint density at radius 2 is 1.72 bits per heavy atom. The molecule has 0 aliphatic heterocycles. The first-order valence-electron chi connectivity index (χ1n) is 7.22. The van der Waals surface area contributed by atoms with Gasteiger partial charge in [-0.3, -0.25) is 0 Å². The molecular weight excluding hydrogens is 365 g/mol. The third kappa shape index (κ3) is 3.62. The number of methoxy groups -OCH3 is 2. The van der Waals surface area contributed by atoms with Gasteiger partial charge in [-0.1, -0.05) is 23.2 Å². The normalized spacial score (nSPS) is 10.6. The molecule has 0 saturated heterocycles. The predicted molar refractivity (Wildman–Crippen MR) is 96.8 cm³/mol. The van der Waals surface area contributed by atoms with Crippen LogP contribution in [0.25, 0.3) is 22.7 Å². The summed E-state index contributed by atoms with van der Waals surface area (Å²) in [6.07, 6.45) is 0. The molecule has 128 valence electrons. The molecule has 1 heterocycles. The van der Waals surface area contributed by atoms with Crippen molar-refractivity contribution in [3.8, 4) is 34.2 Å². The van der Waals surface area contributed by atoms with Crippen molar-refractivity contribution in [1.82, 2.24) is 4.98 Å². The molecule has 0 aliphatic carbocycles. The third-order valence-electron chi connectivity index (χ3n) is 3.51. The molecular formula is C18H13Cl2NO4. The summed E-state index contributed by atoms with van der Waals surface area (Å²) >= 11 is 12.1. The van der Waals surface area contributed by atoms with Crippen molar-refractivity contribution in [2.45, 2.75) is 0 Å². The maximum atomic E-state index is 12.0. The van der Waals surface area contributed by atoms with Crippen molar-refractivity contribution < 1.29 is 13.9 Å². The molecule has 1 aromatic heterocycles. The largest absolute Gasteiger partial charge is 0.493 e. The minimum Gasteiger partial charge on any atom is -0.493 e. The maximum Gasteiger partial charge on any atom is 0.339 e. The first-order chi connectivity index (χ1) is 12.0. The summed E-state index contributed by atoms with van der Waals surface area (Å²) in [5.74, 6) is 1.22. The zero-order chi connectivity index (χ0) is 18.0. The van der Waals surface area contributed by atoms with E-state index in [0.29, 0.717) is 38.4 Å². The van der Waals surface area contributed by atoms with E-state index in [9.17, 15) is 4.79 Å². The fraction of sp³-hybridized carbons (Fsp3) is 0.111. The van der Waals surface area contributed by atoms with E-state index in [1.54, 1.807) is 43.5 Å². The number of halogens is 2. The van der Waals surface area contributed by atoms with Gasteiger partial charge in [-0.2, -0.15) is 0 Å². The molecule has 7 heteroatoms. The fourth-order valence-electron chi connectivity index (χ4n) is 2.32. The SMILES string of the molecule is COc1ccc(-c2cc(=O)oc(-c3ccc(Cl)cc3Cl)n2)cc1OC. The number of nitrogens with zero attached hydrogens (tertiary/aromatic N) is 1. The molecule has 0 atom stereocenters. The van der Waals surface area contributed by atoms with Gasteiger partial charge < -0.3 is 13.9 Å². The average Bonchev–Trinajstić information content (AvgIpc) is 2.60. The smallest absolute Gasteiger partial charge is 0.339 e. The lowest BCUT2D eigenvalue weighted by molar-refractivity contribution is 0.355. The van der Waals surface area contributed by atoms with Crippen molar-refractivity contribution in [2.75, 3.05) is 14.2 Å². The lowest BCUT2D eigenvalue weighted by atomic mass is 10.1. The van der Waals surface area contributed by atoms with Crippen LogP contribution < -0.4 is 15.1 Å². The van der Waals surface area contributed by atoms with Crippen LogP contribution in [-0.4, -0.2) is 19.2 Å². The standard InChI is InChI=1S/C18H13Cl2NO4/c1-23-15-6-3-10(7-16(15)24-2)14-9-17(22)25-18(21-14)12-5-4-11(19)8-13(12)20/h3-9H,1-2H3. The summed E-state index contributed by atoms with van der Waals surface area (Å²) in [5.41, 5.74) is 1.04. The third-order valence-corrected chi connectivity index (χ3v) is 4.06. The second-order valence-electron chi connectivity index (χ2n) is 5.06. The van der Waals surface area contributed by atoms with E-state index in [1.165, 1.54) is 13.2 Å². The highest BCUT2D eigenvalue weighted by Gasteiger charge is 2.13. The first kappa shape index (κ1) is 17.3. The molecule has 3 aromatic rings. The molecule has 0 fully saturated rings. The topological polar surface area (TPSA) is 61.6 Å². The Balaban J connectivity index is 2.13. The molecule has 0 spiro atoms. The molecule has 0 bridgehead atoms. The number of hydrogen-bond acceptors (Lipinski definition) is 5. The van der Waals surface area contributed by atoms with Crippen LogP contribution in [0.15, 0.2) is 51.7 Å². The van der Waals surface area contributed by atoms with Crippen molar-refractivity contribution in [1.29, 1.82) is 0 Å². The van der Waals surface area contributed by atoms with Gasteiger partial charge in [0.05, 0.1) is 36.6 Å². The second kappa shape index (κ2) is 7.17. The van der Waals surface area contributed by atoms with Crippen LogP contribution in [0.3, 0.4) is 0 Å². The zero-order valence-corrected chi connectivity index (χ0v) is 14.9. The van der Waals surface area contributed by atoms with Gasteiger partial charge in [0, 0.05) is 10.6 Å². The lowest BCUT2D eigenvalue weighted by Crippen LogP contribution is -2.02. The van der Waals surface area contributed by atoms with Gasteiger partial charge in [-0.25, -0.2) is 9.78 Å². The van der Waals surface area contributed by atoms with Gasteiger partial charge in [-0.15, -0.1) is 0 Å². The van der Waals surface area contributed by atoms with Crippen molar-refractivity contribution in [3.63, 3.8) is 0 Å². The molecule has 0 unspecified atom stereocenters. The predicted octanol–water partition coefficient (Wildman–Crippen LogP) is 4.69. The summed E-state index contributed by atoms with van der Waals surface area (Å²) < 4.78 is 15.7.